The average Bonchev–Trinajstić information content (AvgIpc) is 2.77. The molecule has 0 fully saturated rings. The van der Waals surface area contributed by atoms with Crippen molar-refractivity contribution >= 4 is 5.82 Å². The number of aromatic nitrogens is 3. The van der Waals surface area contributed by atoms with Gasteiger partial charge in [0.1, 0.15) is 5.82 Å². The topological polar surface area (TPSA) is 60.0 Å². The van der Waals surface area contributed by atoms with Gasteiger partial charge in [-0.25, -0.2) is 9.97 Å². The molecule has 0 bridgehead atoms. The smallest absolute Gasteiger partial charge is 0.123 e. The number of imidazole rings is 1. The van der Waals surface area contributed by atoms with Gasteiger partial charge in [0.15, 0.2) is 0 Å². The van der Waals surface area contributed by atoms with Gasteiger partial charge in [-0.15, -0.1) is 0 Å². The molecule has 0 radical (unpaired) electrons. The zero-order valence-corrected chi connectivity index (χ0v) is 12.0. The fourth-order valence-corrected chi connectivity index (χ4v) is 1.80. The van der Waals surface area contributed by atoms with Crippen LogP contribution >= 0.6 is 0 Å². The zero-order valence-electron chi connectivity index (χ0n) is 12.0. The van der Waals surface area contributed by atoms with Crippen LogP contribution in [0.5, 0.6) is 0 Å². The Hall–Kier alpha value is -1.88. The molecule has 2 rings (SSSR count). The molecule has 2 heterocycles. The molecule has 2 aromatic rings. The van der Waals surface area contributed by atoms with Crippen molar-refractivity contribution < 1.29 is 0 Å². The van der Waals surface area contributed by atoms with Gasteiger partial charge in [0.2, 0.25) is 0 Å². The largest absolute Gasteiger partial charge is 0.384 e. The summed E-state index contributed by atoms with van der Waals surface area (Å²) in [6, 6.07) is 3.78. The Morgan fingerprint density at radius 1 is 1.26 bits per heavy atom. The van der Waals surface area contributed by atoms with Crippen LogP contribution in [0, 0.1) is 0 Å². The molecule has 0 aliphatic rings. The number of anilines is 1. The van der Waals surface area contributed by atoms with Crippen LogP contribution in [0.3, 0.4) is 0 Å². The summed E-state index contributed by atoms with van der Waals surface area (Å²) in [7, 11) is 4.17. The summed E-state index contributed by atoms with van der Waals surface area (Å²) < 4.78 is 2.15. The van der Waals surface area contributed by atoms with Crippen molar-refractivity contribution in [2.45, 2.75) is 25.9 Å². The quantitative estimate of drug-likeness (QED) is 0.910. The van der Waals surface area contributed by atoms with Gasteiger partial charge in [-0.2, -0.15) is 0 Å². The molecule has 0 spiro atoms. The van der Waals surface area contributed by atoms with E-state index < -0.39 is 0 Å². The van der Waals surface area contributed by atoms with E-state index in [9.17, 15) is 0 Å². The predicted molar refractivity (Wildman–Crippen MR) is 77.6 cm³/mol. The Morgan fingerprint density at radius 2 is 2.00 bits per heavy atom. The first-order valence-corrected chi connectivity index (χ1v) is 6.29. The lowest BCUT2D eigenvalue weighted by molar-refractivity contribution is 0.170. The third-order valence-corrected chi connectivity index (χ3v) is 3.56. The summed E-state index contributed by atoms with van der Waals surface area (Å²) in [6.45, 7) is 5.27. The lowest BCUT2D eigenvalue weighted by atomic mass is 10.0. The molecule has 0 unspecified atom stereocenters. The van der Waals surface area contributed by atoms with Crippen LogP contribution in [0.2, 0.25) is 0 Å². The Labute approximate surface area is 114 Å². The lowest BCUT2D eigenvalue weighted by Gasteiger charge is -2.33. The molecule has 0 saturated carbocycles. The van der Waals surface area contributed by atoms with E-state index in [1.165, 1.54) is 0 Å². The third kappa shape index (κ3) is 2.93. The highest BCUT2D eigenvalue weighted by molar-refractivity contribution is 5.59. The number of likely N-dealkylation sites (N-methyl/N-ethyl adjacent to an activating group) is 1. The minimum absolute atomic E-state index is 0.0523. The maximum atomic E-state index is 5.62. The molecular weight excluding hydrogens is 238 g/mol. The molecule has 0 aromatic carbocycles. The number of hydrogen-bond acceptors (Lipinski definition) is 4. The lowest BCUT2D eigenvalue weighted by Crippen LogP contribution is -2.42. The van der Waals surface area contributed by atoms with Gasteiger partial charge in [-0.3, -0.25) is 0 Å². The van der Waals surface area contributed by atoms with Crippen LogP contribution in [0.4, 0.5) is 5.82 Å². The van der Waals surface area contributed by atoms with Gasteiger partial charge in [-0.1, -0.05) is 0 Å². The Balaban J connectivity index is 2.30. The Morgan fingerprint density at radius 3 is 2.58 bits per heavy atom. The first-order valence-electron chi connectivity index (χ1n) is 6.29. The monoisotopic (exact) mass is 259 g/mol. The minimum Gasteiger partial charge on any atom is -0.384 e. The highest BCUT2D eigenvalue weighted by Crippen LogP contribution is 2.22. The van der Waals surface area contributed by atoms with Crippen LogP contribution in [-0.4, -0.2) is 39.1 Å². The van der Waals surface area contributed by atoms with E-state index in [1.54, 1.807) is 6.20 Å². The molecule has 0 aliphatic heterocycles. The van der Waals surface area contributed by atoms with E-state index >= 15 is 0 Å². The van der Waals surface area contributed by atoms with E-state index in [0.717, 1.165) is 17.8 Å². The highest BCUT2D eigenvalue weighted by Gasteiger charge is 2.22. The number of pyridine rings is 1. The van der Waals surface area contributed by atoms with Crippen molar-refractivity contribution in [1.82, 2.24) is 19.4 Å². The first kappa shape index (κ1) is 13.5. The molecule has 0 atom stereocenters. The van der Waals surface area contributed by atoms with Crippen molar-refractivity contribution in [3.05, 3.63) is 30.9 Å². The van der Waals surface area contributed by atoms with E-state index in [-0.39, 0.29) is 5.54 Å². The third-order valence-electron chi connectivity index (χ3n) is 3.56. The predicted octanol–water partition coefficient (Wildman–Crippen LogP) is 1.87. The number of nitrogens with zero attached hydrogens (tertiary/aromatic N) is 4. The first-order chi connectivity index (χ1) is 8.90. The van der Waals surface area contributed by atoms with E-state index in [1.807, 2.05) is 24.7 Å². The van der Waals surface area contributed by atoms with Gasteiger partial charge in [0, 0.05) is 23.8 Å². The number of nitrogens with two attached hydrogens (primary N) is 1. The Kier molecular flexibility index (Phi) is 3.57. The summed E-state index contributed by atoms with van der Waals surface area (Å²) in [4.78, 5) is 10.6. The van der Waals surface area contributed by atoms with Crippen molar-refractivity contribution in [2.24, 2.45) is 0 Å². The molecule has 2 N–H and O–H groups in total. The van der Waals surface area contributed by atoms with E-state index in [4.69, 9.17) is 5.73 Å². The normalized spacial score (nSPS) is 12.1. The molecule has 0 aliphatic carbocycles. The van der Waals surface area contributed by atoms with Crippen LogP contribution < -0.4 is 5.73 Å². The summed E-state index contributed by atoms with van der Waals surface area (Å²) in [5.41, 5.74) is 7.76. The highest BCUT2D eigenvalue weighted by atomic mass is 15.2. The molecule has 19 heavy (non-hydrogen) atoms. The van der Waals surface area contributed by atoms with Crippen LogP contribution in [-0.2, 0) is 6.54 Å². The minimum atomic E-state index is 0.0523. The average molecular weight is 259 g/mol. The molecule has 0 saturated heterocycles. The van der Waals surface area contributed by atoms with Crippen LogP contribution in [0.1, 0.15) is 13.8 Å². The van der Waals surface area contributed by atoms with Crippen LogP contribution in [0.15, 0.2) is 30.9 Å². The van der Waals surface area contributed by atoms with Gasteiger partial charge in [0.05, 0.1) is 18.2 Å². The van der Waals surface area contributed by atoms with E-state index in [0.29, 0.717) is 5.82 Å². The van der Waals surface area contributed by atoms with Gasteiger partial charge in [0.25, 0.3) is 0 Å². The second kappa shape index (κ2) is 5.01. The number of hydrogen-bond donors (Lipinski definition) is 1. The molecule has 5 nitrogen and oxygen atoms in total. The standard InChI is InChI=1S/C14H21N5/c1-14(2,18(3)4)9-19-10-16-8-12(19)11-5-6-13(15)17-7-11/h5-8,10H,9H2,1-4H3,(H2,15,17). The van der Waals surface area contributed by atoms with E-state index in [2.05, 4.69) is 47.4 Å². The summed E-state index contributed by atoms with van der Waals surface area (Å²) in [5, 5.41) is 0. The van der Waals surface area contributed by atoms with Crippen molar-refractivity contribution in [1.29, 1.82) is 0 Å². The second-order valence-corrected chi connectivity index (χ2v) is 5.59. The number of nitrogen functional groups attached to an aromatic ring is 1. The molecule has 2 aromatic heterocycles. The SMILES string of the molecule is CN(C)C(C)(C)Cn1cncc1-c1ccc(N)nc1. The Bertz CT molecular complexity index is 539. The summed E-state index contributed by atoms with van der Waals surface area (Å²) in [6.07, 6.45) is 5.50. The van der Waals surface area contributed by atoms with Crippen molar-refractivity contribution in [3.63, 3.8) is 0 Å². The van der Waals surface area contributed by atoms with Gasteiger partial charge < -0.3 is 15.2 Å². The van der Waals surface area contributed by atoms with Gasteiger partial charge >= 0.3 is 0 Å². The van der Waals surface area contributed by atoms with Crippen LogP contribution in [0.25, 0.3) is 11.3 Å². The summed E-state index contributed by atoms with van der Waals surface area (Å²) in [5.74, 6) is 0.531. The molecule has 0 amide bonds. The van der Waals surface area contributed by atoms with Gasteiger partial charge in [-0.05, 0) is 40.1 Å². The summed E-state index contributed by atoms with van der Waals surface area (Å²) >= 11 is 0. The maximum absolute atomic E-state index is 5.62. The maximum Gasteiger partial charge on any atom is 0.123 e. The zero-order chi connectivity index (χ0) is 14.0. The molecule has 102 valence electrons. The van der Waals surface area contributed by atoms with Crippen molar-refractivity contribution in [3.8, 4) is 11.3 Å². The second-order valence-electron chi connectivity index (χ2n) is 5.59. The molecular formula is C14H21N5. The number of rotatable bonds is 4. The molecule has 5 heteroatoms. The van der Waals surface area contributed by atoms with Crippen molar-refractivity contribution in [2.75, 3.05) is 19.8 Å². The fraction of sp³-hybridized carbons (Fsp3) is 0.429. The fourth-order valence-electron chi connectivity index (χ4n) is 1.80.